The lowest BCUT2D eigenvalue weighted by Crippen LogP contribution is -2.58. The van der Waals surface area contributed by atoms with Crippen LogP contribution in [0, 0.1) is 11.8 Å². The van der Waals surface area contributed by atoms with Crippen LogP contribution >= 0.6 is 0 Å². The Morgan fingerprint density at radius 3 is 2.14 bits per heavy atom. The molecule has 0 aromatic carbocycles. The summed E-state index contributed by atoms with van der Waals surface area (Å²) in [6.45, 7) is 4.36. The van der Waals surface area contributed by atoms with Gasteiger partial charge in [0, 0.05) is 6.04 Å². The molecule has 0 aromatic rings. The molecule has 2 rings (SSSR count). The second kappa shape index (κ2) is 6.67. The van der Waals surface area contributed by atoms with E-state index < -0.39 is 11.5 Å². The predicted molar refractivity (Wildman–Crippen MR) is 81.1 cm³/mol. The van der Waals surface area contributed by atoms with Crippen LogP contribution in [0.2, 0.25) is 0 Å². The molecule has 0 heterocycles. The summed E-state index contributed by atoms with van der Waals surface area (Å²) < 4.78 is 0. The van der Waals surface area contributed by atoms with E-state index in [-0.39, 0.29) is 12.1 Å². The lowest BCUT2D eigenvalue weighted by molar-refractivity contribution is -0.145. The van der Waals surface area contributed by atoms with Crippen molar-refractivity contribution in [1.29, 1.82) is 0 Å². The van der Waals surface area contributed by atoms with Crippen molar-refractivity contribution in [2.75, 3.05) is 0 Å². The maximum Gasteiger partial charge on any atom is 0.329 e. The van der Waals surface area contributed by atoms with E-state index in [0.717, 1.165) is 38.5 Å². The van der Waals surface area contributed by atoms with Gasteiger partial charge in [0.2, 0.25) is 0 Å². The predicted octanol–water partition coefficient (Wildman–Crippen LogP) is 2.90. The van der Waals surface area contributed by atoms with Crippen molar-refractivity contribution in [2.45, 2.75) is 76.8 Å². The van der Waals surface area contributed by atoms with Crippen LogP contribution in [-0.2, 0) is 4.79 Å². The van der Waals surface area contributed by atoms with Crippen molar-refractivity contribution >= 4 is 12.0 Å². The number of amides is 2. The zero-order valence-corrected chi connectivity index (χ0v) is 13.2. The van der Waals surface area contributed by atoms with Crippen molar-refractivity contribution in [3.05, 3.63) is 0 Å². The van der Waals surface area contributed by atoms with E-state index in [1.807, 2.05) is 0 Å². The summed E-state index contributed by atoms with van der Waals surface area (Å²) in [6, 6.07) is -0.151. The molecular weight excluding hydrogens is 268 g/mol. The Balaban J connectivity index is 1.97. The maximum atomic E-state index is 12.3. The minimum atomic E-state index is -1.08. The van der Waals surface area contributed by atoms with E-state index in [1.54, 1.807) is 0 Å². The van der Waals surface area contributed by atoms with Crippen LogP contribution in [-0.4, -0.2) is 28.7 Å². The molecule has 2 amide bonds. The topological polar surface area (TPSA) is 78.4 Å². The zero-order chi connectivity index (χ0) is 15.5. The molecule has 2 fully saturated rings. The van der Waals surface area contributed by atoms with Crippen LogP contribution in [0.3, 0.4) is 0 Å². The smallest absolute Gasteiger partial charge is 0.329 e. The number of carboxylic acids is 1. The van der Waals surface area contributed by atoms with Crippen molar-refractivity contribution in [3.8, 4) is 0 Å². The third kappa shape index (κ3) is 3.69. The number of nitrogens with one attached hydrogen (secondary N) is 2. The highest BCUT2D eigenvalue weighted by Crippen LogP contribution is 2.31. The second-order valence-corrected chi connectivity index (χ2v) is 6.92. The number of carboxylic acid groups (broad SMARTS) is 1. The largest absolute Gasteiger partial charge is 0.480 e. The van der Waals surface area contributed by atoms with Gasteiger partial charge in [-0.2, -0.15) is 0 Å². The van der Waals surface area contributed by atoms with E-state index in [4.69, 9.17) is 0 Å². The minimum absolute atomic E-state index is 0.164. The molecule has 3 atom stereocenters. The fourth-order valence-electron chi connectivity index (χ4n) is 3.71. The van der Waals surface area contributed by atoms with Crippen LogP contribution in [0.1, 0.15) is 65.2 Å². The lowest BCUT2D eigenvalue weighted by Gasteiger charge is -2.30. The van der Waals surface area contributed by atoms with Gasteiger partial charge in [-0.3, -0.25) is 0 Å². The number of carbonyl (C=O) groups excluding carboxylic acids is 1. The van der Waals surface area contributed by atoms with E-state index >= 15 is 0 Å². The molecular formula is C16H28N2O3. The first kappa shape index (κ1) is 16.1. The third-order valence-electron chi connectivity index (χ3n) is 5.50. The molecule has 3 N–H and O–H groups in total. The molecule has 5 heteroatoms. The molecule has 0 spiro atoms. The number of hydrogen-bond acceptors (Lipinski definition) is 2. The highest BCUT2D eigenvalue weighted by atomic mass is 16.4. The van der Waals surface area contributed by atoms with Gasteiger partial charge in [-0.05, 0) is 37.5 Å². The number of hydrogen-bond donors (Lipinski definition) is 3. The van der Waals surface area contributed by atoms with Gasteiger partial charge in [-0.25, -0.2) is 9.59 Å². The summed E-state index contributed by atoms with van der Waals surface area (Å²) >= 11 is 0. The minimum Gasteiger partial charge on any atom is -0.480 e. The second-order valence-electron chi connectivity index (χ2n) is 6.92. The van der Waals surface area contributed by atoms with Gasteiger partial charge in [-0.15, -0.1) is 0 Å². The first-order chi connectivity index (χ1) is 9.94. The van der Waals surface area contributed by atoms with Gasteiger partial charge in [-0.1, -0.05) is 39.5 Å². The molecule has 0 aromatic heterocycles. The Morgan fingerprint density at radius 1 is 1.05 bits per heavy atom. The Labute approximate surface area is 126 Å². The summed E-state index contributed by atoms with van der Waals surface area (Å²) in [5.74, 6) is 0.166. The van der Waals surface area contributed by atoms with E-state index in [9.17, 15) is 14.7 Å². The summed E-state index contributed by atoms with van der Waals surface area (Å²) in [4.78, 5) is 23.9. The fraction of sp³-hybridized carbons (Fsp3) is 0.875. The zero-order valence-electron chi connectivity index (χ0n) is 13.2. The van der Waals surface area contributed by atoms with Crippen LogP contribution in [0.25, 0.3) is 0 Å². The molecule has 3 unspecified atom stereocenters. The molecule has 2 saturated carbocycles. The first-order valence-corrected chi connectivity index (χ1v) is 8.27. The highest BCUT2D eigenvalue weighted by molar-refractivity contribution is 5.86. The van der Waals surface area contributed by atoms with Crippen LogP contribution in [0.4, 0.5) is 4.79 Å². The highest BCUT2D eigenvalue weighted by Gasteiger charge is 2.41. The van der Waals surface area contributed by atoms with Crippen molar-refractivity contribution in [1.82, 2.24) is 10.6 Å². The average Bonchev–Trinajstić information content (AvgIpc) is 2.67. The third-order valence-corrected chi connectivity index (χ3v) is 5.50. The Bertz CT molecular complexity index is 389. The number of urea groups is 1. The van der Waals surface area contributed by atoms with Gasteiger partial charge in [0.05, 0.1) is 0 Å². The molecule has 2 aliphatic rings. The summed E-state index contributed by atoms with van der Waals surface area (Å²) in [6.07, 6.45) is 7.00. The van der Waals surface area contributed by atoms with Gasteiger partial charge in [0.25, 0.3) is 0 Å². The lowest BCUT2D eigenvalue weighted by atomic mass is 9.90. The Kier molecular flexibility index (Phi) is 5.12. The quantitative estimate of drug-likeness (QED) is 0.701. The molecule has 5 nitrogen and oxygen atoms in total. The normalized spacial score (nSPS) is 32.2. The number of rotatable bonds is 3. The molecule has 0 bridgehead atoms. The summed E-state index contributed by atoms with van der Waals surface area (Å²) in [5.41, 5.74) is -1.08. The standard InChI is InChI=1S/C16H28N2O3/c1-11-7-8-13(12(11)2)17-15(21)18-16(14(19)20)9-5-3-4-6-10-16/h11-13H,3-10H2,1-2H3,(H,19,20)(H2,17,18,21). The van der Waals surface area contributed by atoms with Crippen molar-refractivity contribution in [2.24, 2.45) is 11.8 Å². The van der Waals surface area contributed by atoms with Crippen LogP contribution in [0.5, 0.6) is 0 Å². The Hall–Kier alpha value is -1.26. The van der Waals surface area contributed by atoms with E-state index in [0.29, 0.717) is 24.7 Å². The van der Waals surface area contributed by atoms with Crippen LogP contribution < -0.4 is 10.6 Å². The summed E-state index contributed by atoms with van der Waals surface area (Å²) in [5, 5.41) is 15.4. The molecule has 2 aliphatic carbocycles. The van der Waals surface area contributed by atoms with Gasteiger partial charge in [0.15, 0.2) is 0 Å². The maximum absolute atomic E-state index is 12.3. The fourth-order valence-corrected chi connectivity index (χ4v) is 3.71. The summed E-state index contributed by atoms with van der Waals surface area (Å²) in [7, 11) is 0. The molecule has 0 saturated heterocycles. The number of aliphatic carboxylic acids is 1. The Morgan fingerprint density at radius 2 is 1.67 bits per heavy atom. The number of carbonyl (C=O) groups is 2. The SMILES string of the molecule is CC1CCC(NC(=O)NC2(C(=O)O)CCCCCC2)C1C. The van der Waals surface area contributed by atoms with E-state index in [1.165, 1.54) is 0 Å². The molecule has 120 valence electrons. The monoisotopic (exact) mass is 296 g/mol. The van der Waals surface area contributed by atoms with Crippen molar-refractivity contribution < 1.29 is 14.7 Å². The average molecular weight is 296 g/mol. The first-order valence-electron chi connectivity index (χ1n) is 8.27. The van der Waals surface area contributed by atoms with Crippen LogP contribution in [0.15, 0.2) is 0 Å². The van der Waals surface area contributed by atoms with E-state index in [2.05, 4.69) is 24.5 Å². The molecule has 21 heavy (non-hydrogen) atoms. The van der Waals surface area contributed by atoms with Gasteiger partial charge in [0.1, 0.15) is 5.54 Å². The van der Waals surface area contributed by atoms with Gasteiger partial charge < -0.3 is 15.7 Å². The molecule has 0 radical (unpaired) electrons. The van der Waals surface area contributed by atoms with Crippen molar-refractivity contribution in [3.63, 3.8) is 0 Å². The molecule has 0 aliphatic heterocycles. The van der Waals surface area contributed by atoms with Gasteiger partial charge >= 0.3 is 12.0 Å².